The molecule has 0 saturated carbocycles. The van der Waals surface area contributed by atoms with Crippen LogP contribution < -0.4 is 44.2 Å². The third kappa shape index (κ3) is 129. The number of phosphoric acid groups is 1. The molecule has 0 aliphatic heterocycles. The predicted octanol–water partition coefficient (Wildman–Crippen LogP) is -7.03. The summed E-state index contributed by atoms with van der Waals surface area (Å²) in [5.74, 6) is 0. The second-order valence-electron chi connectivity index (χ2n) is 0.447. The van der Waals surface area contributed by atoms with Crippen LogP contribution in [0.25, 0.3) is 0 Å². The van der Waals surface area contributed by atoms with E-state index < -0.39 is 7.82 Å². The van der Waals surface area contributed by atoms with Crippen LogP contribution in [0, 0.1) is 0 Å². The van der Waals surface area contributed by atoms with Crippen LogP contribution in [0.3, 0.4) is 0 Å². The van der Waals surface area contributed by atoms with Crippen LogP contribution >= 0.6 is 7.82 Å². The summed E-state index contributed by atoms with van der Waals surface area (Å²) in [6, 6.07) is 0. The zero-order chi connectivity index (χ0) is 4.50. The van der Waals surface area contributed by atoms with Crippen LogP contribution in [0.4, 0.5) is 0 Å². The van der Waals surface area contributed by atoms with Crippen molar-refractivity contribution in [2.75, 3.05) is 0 Å². The Morgan fingerprint density at radius 2 is 1.12 bits per heavy atom. The van der Waals surface area contributed by atoms with E-state index in [2.05, 4.69) is 0 Å². The van der Waals surface area contributed by atoms with Gasteiger partial charge in [0.05, 0.1) is 0 Å². The van der Waals surface area contributed by atoms with Gasteiger partial charge in [0.1, 0.15) is 0 Å². The minimum Gasteiger partial charge on any atom is -0.822 e. The molecule has 2 N–H and O–H groups in total. The van der Waals surface area contributed by atoms with Crippen molar-refractivity contribution in [3.05, 3.63) is 0 Å². The summed E-state index contributed by atoms with van der Waals surface area (Å²) in [6.07, 6.45) is 0. The average molecular weight is 163 g/mol. The molecule has 0 aromatic heterocycles. The fraction of sp³-hybridized carbons (Fsp3) is 0. The molecule has 0 amide bonds. The van der Waals surface area contributed by atoms with Gasteiger partial charge in [-0.25, -0.2) is 0 Å². The number of hydrogen-bond acceptors (Lipinski definition) is 4. The summed E-state index contributed by atoms with van der Waals surface area (Å²) < 4.78 is 8.55. The monoisotopic (exact) mass is 163 g/mol. The Balaban J connectivity index is -0.0000000267. The fourth-order valence-electron chi connectivity index (χ4n) is 0. The Labute approximate surface area is 79.1 Å². The molecule has 0 unspecified atom stereocenters. The van der Waals surface area contributed by atoms with Gasteiger partial charge in [-0.2, -0.15) is 7.82 Å². The molecule has 0 saturated heterocycles. The molecule has 0 aromatic carbocycles. The zero-order valence-corrected chi connectivity index (χ0v) is 8.21. The quantitative estimate of drug-likeness (QED) is 0.260. The van der Waals surface area contributed by atoms with Gasteiger partial charge in [-0.3, -0.25) is 0 Å². The molecule has 0 heterocycles. The molecular formula is H2AlNaO5P+. The minimum absolute atomic E-state index is 0. The molecule has 0 rings (SSSR count). The van der Waals surface area contributed by atoms with Crippen LogP contribution in [0.5, 0.6) is 0 Å². The molecule has 40 valence electrons. The van der Waals surface area contributed by atoms with E-state index >= 15 is 0 Å². The first-order valence-electron chi connectivity index (χ1n) is 0.730. The van der Waals surface area contributed by atoms with E-state index in [9.17, 15) is 0 Å². The van der Waals surface area contributed by atoms with Crippen molar-refractivity contribution in [3.63, 3.8) is 0 Å². The van der Waals surface area contributed by atoms with E-state index in [-0.39, 0.29) is 52.4 Å². The van der Waals surface area contributed by atoms with Gasteiger partial charge in [-0.15, -0.1) is 0 Å². The van der Waals surface area contributed by atoms with Gasteiger partial charge in [-0.1, -0.05) is 0 Å². The maximum Gasteiger partial charge on any atom is 3.00 e. The molecule has 0 bridgehead atoms. The Bertz CT molecular complexity index is 58.6. The van der Waals surface area contributed by atoms with Gasteiger partial charge in [0.25, 0.3) is 0 Å². The number of rotatable bonds is 0. The summed E-state index contributed by atoms with van der Waals surface area (Å²) in [5.41, 5.74) is 0. The summed E-state index contributed by atoms with van der Waals surface area (Å²) >= 11 is 0. The van der Waals surface area contributed by atoms with Gasteiger partial charge in [-0.05, 0) is 0 Å². The molecule has 8 heteroatoms. The second kappa shape index (κ2) is 8.60. The largest absolute Gasteiger partial charge is 3.00 e. The Morgan fingerprint density at radius 1 is 1.12 bits per heavy atom. The normalized spacial score (nSPS) is 7.38. The van der Waals surface area contributed by atoms with Crippen LogP contribution in [0.15, 0.2) is 0 Å². The van der Waals surface area contributed by atoms with Crippen molar-refractivity contribution >= 4 is 25.2 Å². The van der Waals surface area contributed by atoms with Gasteiger partial charge < -0.3 is 24.7 Å². The maximum absolute atomic E-state index is 8.55. The summed E-state index contributed by atoms with van der Waals surface area (Å²) in [7, 11) is -5.39. The molecule has 5 nitrogen and oxygen atoms in total. The van der Waals surface area contributed by atoms with Gasteiger partial charge in [0.15, 0.2) is 0 Å². The van der Waals surface area contributed by atoms with Gasteiger partial charge in [0, 0.05) is 0 Å². The summed E-state index contributed by atoms with van der Waals surface area (Å²) in [5, 5.41) is 0. The van der Waals surface area contributed by atoms with Crippen LogP contribution in [-0.2, 0) is 4.57 Å². The Kier molecular flexibility index (Phi) is 24.3. The van der Waals surface area contributed by atoms with Crippen molar-refractivity contribution < 1.29 is 54.3 Å². The Morgan fingerprint density at radius 3 is 1.12 bits per heavy atom. The van der Waals surface area contributed by atoms with Crippen molar-refractivity contribution in [2.45, 2.75) is 0 Å². The molecule has 8 heavy (non-hydrogen) atoms. The molecule has 0 radical (unpaired) electrons. The molecule has 0 fully saturated rings. The summed E-state index contributed by atoms with van der Waals surface area (Å²) in [4.78, 5) is 25.6. The first-order chi connectivity index (χ1) is 2.00. The van der Waals surface area contributed by atoms with Gasteiger partial charge in [0.2, 0.25) is 0 Å². The van der Waals surface area contributed by atoms with Crippen LogP contribution in [-0.4, -0.2) is 22.8 Å². The molecule has 0 aliphatic rings. The van der Waals surface area contributed by atoms with Crippen molar-refractivity contribution in [1.82, 2.24) is 0 Å². The van der Waals surface area contributed by atoms with Crippen LogP contribution in [0.1, 0.15) is 0 Å². The third-order valence-electron chi connectivity index (χ3n) is 0. The topological polar surface area (TPSA) is 118 Å². The first kappa shape index (κ1) is 22.6. The van der Waals surface area contributed by atoms with Crippen LogP contribution in [0.2, 0.25) is 0 Å². The van der Waals surface area contributed by atoms with Crippen molar-refractivity contribution in [1.29, 1.82) is 0 Å². The van der Waals surface area contributed by atoms with E-state index in [1.54, 1.807) is 0 Å². The van der Waals surface area contributed by atoms with E-state index in [0.29, 0.717) is 0 Å². The molecular weight excluding hydrogens is 161 g/mol. The second-order valence-corrected chi connectivity index (χ2v) is 1.34. The zero-order valence-electron chi connectivity index (χ0n) is 4.16. The summed E-state index contributed by atoms with van der Waals surface area (Å²) in [6.45, 7) is 0. The minimum atomic E-state index is -5.39. The molecule has 0 atom stereocenters. The van der Waals surface area contributed by atoms with E-state index in [0.717, 1.165) is 0 Å². The molecule has 0 aliphatic carbocycles. The first-order valence-corrected chi connectivity index (χ1v) is 2.19. The Hall–Kier alpha value is 1.60. The van der Waals surface area contributed by atoms with Gasteiger partial charge >= 0.3 is 46.9 Å². The fourth-order valence-corrected chi connectivity index (χ4v) is 0. The van der Waals surface area contributed by atoms with E-state index in [1.165, 1.54) is 0 Å². The van der Waals surface area contributed by atoms with E-state index in [4.69, 9.17) is 19.2 Å². The SMILES string of the molecule is O.O=P([O-])([O-])[O-].[Al+3].[Na+]. The van der Waals surface area contributed by atoms with Crippen molar-refractivity contribution in [3.8, 4) is 0 Å². The maximum atomic E-state index is 8.55. The number of hydrogen-bond donors (Lipinski definition) is 0. The predicted molar refractivity (Wildman–Crippen MR) is 17.0 cm³/mol. The smallest absolute Gasteiger partial charge is 0.822 e. The average Bonchev–Trinajstić information content (AvgIpc) is 0.722. The van der Waals surface area contributed by atoms with E-state index in [1.807, 2.05) is 0 Å². The third-order valence-corrected chi connectivity index (χ3v) is 0. The standard InChI is InChI=1S/Al.Na.H3O4P.H2O/c;;1-5(2,3)4;/h;;(H3,1,2,3,4);1H2/q+3;+1;;/p-3. The van der Waals surface area contributed by atoms with Crippen molar-refractivity contribution in [2.24, 2.45) is 0 Å². The molecule has 0 spiro atoms. The molecule has 0 aromatic rings.